The van der Waals surface area contributed by atoms with Gasteiger partial charge in [-0.25, -0.2) is 9.18 Å². The second-order valence-corrected chi connectivity index (χ2v) is 4.31. The number of hydrogen-bond acceptors (Lipinski definition) is 2. The molecule has 1 aliphatic carbocycles. The van der Waals surface area contributed by atoms with Crippen LogP contribution >= 0.6 is 15.9 Å². The van der Waals surface area contributed by atoms with Crippen LogP contribution in [-0.2, 0) is 10.7 Å². The first kappa shape index (κ1) is 12.2. The standard InChI is InChI=1S/C11H6BrF3O2/c1-17-10(16)8-5-2-3-11(14,15)9(5)6(12)4-7(8)13/h2-4H,1H3. The van der Waals surface area contributed by atoms with Crippen molar-refractivity contribution in [2.45, 2.75) is 5.92 Å². The molecule has 0 aliphatic heterocycles. The van der Waals surface area contributed by atoms with Crippen molar-refractivity contribution >= 4 is 28.0 Å². The van der Waals surface area contributed by atoms with Crippen molar-refractivity contribution in [2.24, 2.45) is 0 Å². The van der Waals surface area contributed by atoms with Crippen LogP contribution in [0.25, 0.3) is 6.08 Å². The Bertz CT molecular complexity index is 538. The van der Waals surface area contributed by atoms with Crippen LogP contribution in [0.4, 0.5) is 13.2 Å². The molecule has 1 aromatic rings. The maximum atomic E-state index is 13.6. The van der Waals surface area contributed by atoms with Crippen LogP contribution < -0.4 is 0 Å². The summed E-state index contributed by atoms with van der Waals surface area (Å²) in [6.07, 6.45) is 1.64. The first-order valence-electron chi connectivity index (χ1n) is 4.56. The molecule has 0 atom stereocenters. The van der Waals surface area contributed by atoms with Crippen LogP contribution in [-0.4, -0.2) is 13.1 Å². The number of benzene rings is 1. The van der Waals surface area contributed by atoms with Gasteiger partial charge in [0.05, 0.1) is 7.11 Å². The third-order valence-corrected chi connectivity index (χ3v) is 3.08. The SMILES string of the molecule is COC(=O)c1c(F)cc(Br)c2c1C=CC2(F)F. The number of carbonyl (C=O) groups excluding carboxylic acids is 1. The van der Waals surface area contributed by atoms with Crippen molar-refractivity contribution in [2.75, 3.05) is 7.11 Å². The normalized spacial score (nSPS) is 15.8. The quantitative estimate of drug-likeness (QED) is 0.742. The Hall–Kier alpha value is -1.30. The average Bonchev–Trinajstić information content (AvgIpc) is 2.54. The van der Waals surface area contributed by atoms with E-state index in [-0.39, 0.29) is 10.0 Å². The lowest BCUT2D eigenvalue weighted by molar-refractivity contribution is 0.0543. The van der Waals surface area contributed by atoms with Crippen molar-refractivity contribution in [1.82, 2.24) is 0 Å². The van der Waals surface area contributed by atoms with Gasteiger partial charge < -0.3 is 4.74 Å². The summed E-state index contributed by atoms with van der Waals surface area (Å²) in [5, 5.41) is 0. The van der Waals surface area contributed by atoms with Crippen LogP contribution in [0.15, 0.2) is 16.6 Å². The van der Waals surface area contributed by atoms with Crippen LogP contribution in [0.5, 0.6) is 0 Å². The number of carbonyl (C=O) groups is 1. The van der Waals surface area contributed by atoms with Crippen LogP contribution in [0.2, 0.25) is 0 Å². The highest BCUT2D eigenvalue weighted by atomic mass is 79.9. The highest BCUT2D eigenvalue weighted by Crippen LogP contribution is 2.44. The molecule has 0 unspecified atom stereocenters. The average molecular weight is 307 g/mol. The van der Waals surface area contributed by atoms with Gasteiger partial charge in [0.2, 0.25) is 0 Å². The zero-order chi connectivity index (χ0) is 12.8. The van der Waals surface area contributed by atoms with E-state index in [4.69, 9.17) is 0 Å². The molecule has 2 nitrogen and oxygen atoms in total. The van der Waals surface area contributed by atoms with Crippen molar-refractivity contribution in [1.29, 1.82) is 0 Å². The third kappa shape index (κ3) is 1.76. The molecule has 0 saturated heterocycles. The highest BCUT2D eigenvalue weighted by Gasteiger charge is 2.40. The molecule has 2 rings (SSSR count). The molecule has 6 heteroatoms. The number of methoxy groups -OCH3 is 1. The summed E-state index contributed by atoms with van der Waals surface area (Å²) in [4.78, 5) is 11.4. The minimum atomic E-state index is -3.22. The summed E-state index contributed by atoms with van der Waals surface area (Å²) in [5.41, 5.74) is -1.04. The Balaban J connectivity index is 2.77. The molecule has 1 aromatic carbocycles. The molecule has 0 amide bonds. The molecule has 0 aromatic heterocycles. The van der Waals surface area contributed by atoms with Crippen molar-refractivity contribution in [3.63, 3.8) is 0 Å². The monoisotopic (exact) mass is 306 g/mol. The fourth-order valence-electron chi connectivity index (χ4n) is 1.72. The van der Waals surface area contributed by atoms with E-state index in [9.17, 15) is 18.0 Å². The summed E-state index contributed by atoms with van der Waals surface area (Å²) in [6.45, 7) is 0. The number of rotatable bonds is 1. The van der Waals surface area contributed by atoms with E-state index in [1.807, 2.05) is 0 Å². The molecule has 0 saturated carbocycles. The number of hydrogen-bond donors (Lipinski definition) is 0. The molecule has 17 heavy (non-hydrogen) atoms. The summed E-state index contributed by atoms with van der Waals surface area (Å²) in [5.74, 6) is -5.09. The predicted octanol–water partition coefficient (Wildman–Crippen LogP) is 3.49. The van der Waals surface area contributed by atoms with E-state index in [1.54, 1.807) is 0 Å². The Morgan fingerprint density at radius 2 is 2.12 bits per heavy atom. The van der Waals surface area contributed by atoms with E-state index < -0.39 is 28.8 Å². The van der Waals surface area contributed by atoms with Gasteiger partial charge in [-0.3, -0.25) is 0 Å². The lowest BCUT2D eigenvalue weighted by atomic mass is 10.0. The molecule has 0 heterocycles. The minimum absolute atomic E-state index is 0.0762. The van der Waals surface area contributed by atoms with Crippen LogP contribution in [0, 0.1) is 5.82 Å². The summed E-state index contributed by atoms with van der Waals surface area (Å²) in [7, 11) is 1.06. The van der Waals surface area contributed by atoms with E-state index in [0.717, 1.165) is 19.3 Å². The van der Waals surface area contributed by atoms with Crippen molar-refractivity contribution < 1.29 is 22.7 Å². The Morgan fingerprint density at radius 1 is 1.47 bits per heavy atom. The van der Waals surface area contributed by atoms with Crippen molar-refractivity contribution in [3.05, 3.63) is 39.1 Å². The Morgan fingerprint density at radius 3 is 2.71 bits per heavy atom. The molecular formula is C11H6BrF3O2. The lowest BCUT2D eigenvalue weighted by Crippen LogP contribution is -2.13. The first-order chi connectivity index (χ1) is 7.88. The van der Waals surface area contributed by atoms with Gasteiger partial charge in [0.15, 0.2) is 0 Å². The molecule has 0 N–H and O–H groups in total. The number of ether oxygens (including phenoxy) is 1. The summed E-state index contributed by atoms with van der Waals surface area (Å²) in [6, 6.07) is 0.839. The number of alkyl halides is 2. The van der Waals surface area contributed by atoms with Crippen LogP contribution in [0.3, 0.4) is 0 Å². The van der Waals surface area contributed by atoms with Gasteiger partial charge >= 0.3 is 5.97 Å². The van der Waals surface area contributed by atoms with Gasteiger partial charge in [-0.2, -0.15) is 8.78 Å². The maximum Gasteiger partial charge on any atom is 0.341 e. The Kier molecular flexibility index (Phi) is 2.77. The Labute approximate surface area is 103 Å². The summed E-state index contributed by atoms with van der Waals surface area (Å²) < 4.78 is 44.9. The van der Waals surface area contributed by atoms with E-state index in [2.05, 4.69) is 20.7 Å². The second kappa shape index (κ2) is 3.87. The minimum Gasteiger partial charge on any atom is -0.465 e. The molecule has 0 fully saturated rings. The summed E-state index contributed by atoms with van der Waals surface area (Å²) >= 11 is 2.87. The first-order valence-corrected chi connectivity index (χ1v) is 5.35. The molecule has 0 bridgehead atoms. The number of esters is 1. The zero-order valence-electron chi connectivity index (χ0n) is 8.56. The zero-order valence-corrected chi connectivity index (χ0v) is 10.1. The number of halogens is 4. The third-order valence-electron chi connectivity index (χ3n) is 2.45. The van der Waals surface area contributed by atoms with Crippen molar-refractivity contribution in [3.8, 4) is 0 Å². The van der Waals surface area contributed by atoms with Gasteiger partial charge in [-0.15, -0.1) is 0 Å². The fraction of sp³-hybridized carbons (Fsp3) is 0.182. The fourth-order valence-corrected chi connectivity index (χ4v) is 2.40. The smallest absolute Gasteiger partial charge is 0.341 e. The molecule has 90 valence electrons. The van der Waals surface area contributed by atoms with Crippen LogP contribution in [0.1, 0.15) is 21.5 Å². The molecule has 0 radical (unpaired) electrons. The van der Waals surface area contributed by atoms with Gasteiger partial charge in [0.25, 0.3) is 5.92 Å². The van der Waals surface area contributed by atoms with E-state index in [0.29, 0.717) is 6.08 Å². The topological polar surface area (TPSA) is 26.3 Å². The van der Waals surface area contributed by atoms with Gasteiger partial charge in [-0.05, 0) is 12.1 Å². The number of fused-ring (bicyclic) bond motifs is 1. The number of allylic oxidation sites excluding steroid dienone is 1. The largest absolute Gasteiger partial charge is 0.465 e. The second-order valence-electron chi connectivity index (χ2n) is 3.45. The molecular weight excluding hydrogens is 301 g/mol. The maximum absolute atomic E-state index is 13.6. The predicted molar refractivity (Wildman–Crippen MR) is 58.4 cm³/mol. The van der Waals surface area contributed by atoms with E-state index in [1.165, 1.54) is 0 Å². The molecule has 1 aliphatic rings. The van der Waals surface area contributed by atoms with Gasteiger partial charge in [0, 0.05) is 15.6 Å². The lowest BCUT2D eigenvalue weighted by Gasteiger charge is -2.14. The van der Waals surface area contributed by atoms with Gasteiger partial charge in [0.1, 0.15) is 11.4 Å². The molecule has 0 spiro atoms. The van der Waals surface area contributed by atoms with Gasteiger partial charge in [-0.1, -0.05) is 22.0 Å². The van der Waals surface area contributed by atoms with E-state index >= 15 is 0 Å². The highest BCUT2D eigenvalue weighted by molar-refractivity contribution is 9.10.